The van der Waals surface area contributed by atoms with Crippen LogP contribution in [-0.2, 0) is 0 Å². The predicted molar refractivity (Wildman–Crippen MR) is 75.5 cm³/mol. The minimum Gasteiger partial charge on any atom is -0.468 e. The summed E-state index contributed by atoms with van der Waals surface area (Å²) in [4.78, 5) is 3.86. The highest BCUT2D eigenvalue weighted by molar-refractivity contribution is 5.41. The number of alkyl halides is 3. The Bertz CT molecular complexity index is 414. The molecule has 0 spiro atoms. The van der Waals surface area contributed by atoms with Crippen molar-refractivity contribution < 1.29 is 17.9 Å². The van der Waals surface area contributed by atoms with Gasteiger partial charge >= 0.3 is 6.18 Å². The summed E-state index contributed by atoms with van der Waals surface area (Å²) in [6.45, 7) is -0.441. The van der Waals surface area contributed by atoms with Gasteiger partial charge in [-0.25, -0.2) is 4.98 Å². The van der Waals surface area contributed by atoms with E-state index in [0.29, 0.717) is 0 Å². The minimum absolute atomic E-state index is 0.00912. The predicted octanol–water partition coefficient (Wildman–Crippen LogP) is 4.41. The van der Waals surface area contributed by atoms with E-state index in [-0.39, 0.29) is 5.88 Å². The SMILES string of the molecule is FC(F)(F)COc1ccc(NCCC2CCCCC2)cn1. The second kappa shape index (κ2) is 7.52. The maximum absolute atomic E-state index is 12.0. The third-order valence-corrected chi connectivity index (χ3v) is 3.73. The topological polar surface area (TPSA) is 34.1 Å². The smallest absolute Gasteiger partial charge is 0.422 e. The van der Waals surface area contributed by atoms with Gasteiger partial charge in [-0.2, -0.15) is 13.2 Å². The van der Waals surface area contributed by atoms with Crippen LogP contribution < -0.4 is 10.1 Å². The van der Waals surface area contributed by atoms with Gasteiger partial charge in [0.25, 0.3) is 0 Å². The van der Waals surface area contributed by atoms with Gasteiger partial charge in [-0.3, -0.25) is 0 Å². The molecule has 6 heteroatoms. The van der Waals surface area contributed by atoms with Crippen molar-refractivity contribution in [3.8, 4) is 5.88 Å². The van der Waals surface area contributed by atoms with Crippen molar-refractivity contribution in [2.75, 3.05) is 18.5 Å². The number of halogens is 3. The lowest BCUT2D eigenvalue weighted by Crippen LogP contribution is -2.19. The van der Waals surface area contributed by atoms with Crippen LogP contribution in [0.4, 0.5) is 18.9 Å². The lowest BCUT2D eigenvalue weighted by Gasteiger charge is -2.21. The molecule has 0 bridgehead atoms. The molecule has 1 aliphatic carbocycles. The fourth-order valence-corrected chi connectivity index (χ4v) is 2.62. The van der Waals surface area contributed by atoms with Crippen LogP contribution in [0.5, 0.6) is 5.88 Å². The minimum atomic E-state index is -4.33. The van der Waals surface area contributed by atoms with E-state index >= 15 is 0 Å². The number of ether oxygens (including phenoxy) is 1. The summed E-state index contributed by atoms with van der Waals surface area (Å²) in [5.41, 5.74) is 0.810. The average molecular weight is 302 g/mol. The molecule has 0 amide bonds. The van der Waals surface area contributed by atoms with Crippen LogP contribution in [0, 0.1) is 5.92 Å². The Hall–Kier alpha value is -1.46. The van der Waals surface area contributed by atoms with Crippen molar-refractivity contribution >= 4 is 5.69 Å². The number of aromatic nitrogens is 1. The Morgan fingerprint density at radius 1 is 1.19 bits per heavy atom. The van der Waals surface area contributed by atoms with E-state index in [4.69, 9.17) is 0 Å². The third-order valence-electron chi connectivity index (χ3n) is 3.73. The molecule has 1 aromatic rings. The monoisotopic (exact) mass is 302 g/mol. The molecule has 2 rings (SSSR count). The fraction of sp³-hybridized carbons (Fsp3) is 0.667. The van der Waals surface area contributed by atoms with Gasteiger partial charge in [0.15, 0.2) is 6.61 Å². The van der Waals surface area contributed by atoms with Crippen LogP contribution in [0.3, 0.4) is 0 Å². The van der Waals surface area contributed by atoms with Gasteiger partial charge in [0.2, 0.25) is 5.88 Å². The molecule has 1 N–H and O–H groups in total. The normalized spacial score (nSPS) is 16.7. The highest BCUT2D eigenvalue weighted by atomic mass is 19.4. The lowest BCUT2D eigenvalue weighted by atomic mass is 9.87. The van der Waals surface area contributed by atoms with Crippen LogP contribution in [-0.4, -0.2) is 24.3 Å². The molecule has 0 aromatic carbocycles. The Morgan fingerprint density at radius 3 is 2.57 bits per heavy atom. The van der Waals surface area contributed by atoms with Gasteiger partial charge in [0.1, 0.15) is 0 Å². The molecule has 0 radical (unpaired) electrons. The Kier molecular flexibility index (Phi) is 5.70. The summed E-state index contributed by atoms with van der Waals surface area (Å²) in [5, 5.41) is 3.25. The summed E-state index contributed by atoms with van der Waals surface area (Å²) >= 11 is 0. The number of rotatable bonds is 6. The maximum Gasteiger partial charge on any atom is 0.422 e. The first-order chi connectivity index (χ1) is 10.0. The van der Waals surface area contributed by atoms with E-state index in [0.717, 1.165) is 24.6 Å². The molecule has 21 heavy (non-hydrogen) atoms. The fourth-order valence-electron chi connectivity index (χ4n) is 2.62. The van der Waals surface area contributed by atoms with Gasteiger partial charge in [0.05, 0.1) is 11.9 Å². The average Bonchev–Trinajstić information content (AvgIpc) is 2.47. The van der Waals surface area contributed by atoms with Crippen LogP contribution in [0.15, 0.2) is 18.3 Å². The van der Waals surface area contributed by atoms with Crippen molar-refractivity contribution in [3.05, 3.63) is 18.3 Å². The number of hydrogen-bond acceptors (Lipinski definition) is 3. The molecular weight excluding hydrogens is 281 g/mol. The zero-order valence-electron chi connectivity index (χ0n) is 12.0. The zero-order chi connectivity index (χ0) is 15.1. The number of nitrogens with zero attached hydrogens (tertiary/aromatic N) is 1. The van der Waals surface area contributed by atoms with Crippen molar-refractivity contribution in [3.63, 3.8) is 0 Å². The van der Waals surface area contributed by atoms with Crippen molar-refractivity contribution in [2.24, 2.45) is 5.92 Å². The quantitative estimate of drug-likeness (QED) is 0.845. The Morgan fingerprint density at radius 2 is 1.95 bits per heavy atom. The van der Waals surface area contributed by atoms with E-state index in [1.807, 2.05) is 0 Å². The molecule has 1 saturated carbocycles. The van der Waals surface area contributed by atoms with Crippen molar-refractivity contribution in [1.29, 1.82) is 0 Å². The second-order valence-electron chi connectivity index (χ2n) is 5.51. The molecule has 0 saturated heterocycles. The number of pyridine rings is 1. The zero-order valence-corrected chi connectivity index (χ0v) is 12.0. The molecule has 1 aromatic heterocycles. The second-order valence-corrected chi connectivity index (χ2v) is 5.51. The van der Waals surface area contributed by atoms with Gasteiger partial charge in [-0.15, -0.1) is 0 Å². The first-order valence-corrected chi connectivity index (χ1v) is 7.42. The Balaban J connectivity index is 1.69. The maximum atomic E-state index is 12.0. The molecule has 1 fully saturated rings. The largest absolute Gasteiger partial charge is 0.468 e. The molecular formula is C15H21F3N2O. The number of anilines is 1. The number of nitrogens with one attached hydrogen (secondary N) is 1. The standard InChI is InChI=1S/C15H21F3N2O/c16-15(17,18)11-21-14-7-6-13(10-20-14)19-9-8-12-4-2-1-3-5-12/h6-7,10,12,19H,1-5,8-9,11H2. The Labute approximate surface area is 122 Å². The lowest BCUT2D eigenvalue weighted by molar-refractivity contribution is -0.154. The van der Waals surface area contributed by atoms with E-state index in [1.54, 1.807) is 6.07 Å². The summed E-state index contributed by atoms with van der Waals surface area (Å²) < 4.78 is 40.6. The van der Waals surface area contributed by atoms with E-state index < -0.39 is 12.8 Å². The molecule has 0 unspecified atom stereocenters. The summed E-state index contributed by atoms with van der Waals surface area (Å²) in [6.07, 6.45) is 4.94. The number of hydrogen-bond donors (Lipinski definition) is 1. The molecule has 1 heterocycles. The molecule has 3 nitrogen and oxygen atoms in total. The molecule has 1 aliphatic rings. The van der Waals surface area contributed by atoms with Crippen LogP contribution in [0.2, 0.25) is 0 Å². The highest BCUT2D eigenvalue weighted by Gasteiger charge is 2.28. The van der Waals surface area contributed by atoms with Crippen molar-refractivity contribution in [2.45, 2.75) is 44.7 Å². The first kappa shape index (κ1) is 15.9. The summed E-state index contributed by atoms with van der Waals surface area (Å²) in [6, 6.07) is 3.15. The van der Waals surface area contributed by atoms with E-state index in [2.05, 4.69) is 15.0 Å². The summed E-state index contributed by atoms with van der Waals surface area (Å²) in [7, 11) is 0. The third kappa shape index (κ3) is 6.23. The van der Waals surface area contributed by atoms with Crippen LogP contribution in [0.25, 0.3) is 0 Å². The van der Waals surface area contributed by atoms with Crippen LogP contribution in [0.1, 0.15) is 38.5 Å². The first-order valence-electron chi connectivity index (χ1n) is 7.42. The van der Waals surface area contributed by atoms with Gasteiger partial charge in [-0.05, 0) is 18.4 Å². The van der Waals surface area contributed by atoms with Gasteiger partial charge in [0, 0.05) is 12.6 Å². The van der Waals surface area contributed by atoms with Gasteiger partial charge < -0.3 is 10.1 Å². The molecule has 0 atom stereocenters. The van der Waals surface area contributed by atoms with Gasteiger partial charge in [-0.1, -0.05) is 32.1 Å². The molecule has 0 aliphatic heterocycles. The highest BCUT2D eigenvalue weighted by Crippen LogP contribution is 2.26. The van der Waals surface area contributed by atoms with E-state index in [9.17, 15) is 13.2 Å². The van der Waals surface area contributed by atoms with Crippen molar-refractivity contribution in [1.82, 2.24) is 4.98 Å². The molecule has 118 valence electrons. The summed E-state index contributed by atoms with van der Waals surface area (Å²) in [5.74, 6) is 0.791. The van der Waals surface area contributed by atoms with Crippen LogP contribution >= 0.6 is 0 Å². The van der Waals surface area contributed by atoms with E-state index in [1.165, 1.54) is 44.4 Å².